The highest BCUT2D eigenvalue weighted by Gasteiger charge is 2.27. The predicted molar refractivity (Wildman–Crippen MR) is 149 cm³/mol. The maximum absolute atomic E-state index is 11.7. The molecule has 0 radical (unpaired) electrons. The molecule has 1 aliphatic rings. The van der Waals surface area contributed by atoms with Crippen LogP contribution in [-0.4, -0.2) is 23.7 Å². The molecule has 4 aromatic carbocycles. The van der Waals surface area contributed by atoms with Gasteiger partial charge in [-0.3, -0.25) is 0 Å². The van der Waals surface area contributed by atoms with E-state index in [4.69, 9.17) is 4.74 Å². The van der Waals surface area contributed by atoms with Crippen LogP contribution in [0.5, 0.6) is 5.75 Å². The first-order valence-electron chi connectivity index (χ1n) is 12.4. The topological polar surface area (TPSA) is 49.8 Å². The molecule has 1 N–H and O–H groups in total. The monoisotopic (exact) mass is 501 g/mol. The number of anilines is 2. The van der Waals surface area contributed by atoms with Crippen molar-refractivity contribution in [1.29, 1.82) is 0 Å². The Balaban J connectivity index is 0.00000304. The smallest absolute Gasteiger partial charge is 0.336 e. The second-order valence-corrected chi connectivity index (χ2v) is 9.52. The van der Waals surface area contributed by atoms with Gasteiger partial charge < -0.3 is 14.7 Å². The molecule has 186 valence electrons. The van der Waals surface area contributed by atoms with Crippen LogP contribution in [0.2, 0.25) is 0 Å². The van der Waals surface area contributed by atoms with Gasteiger partial charge in [0.2, 0.25) is 0 Å². The fourth-order valence-electron chi connectivity index (χ4n) is 5.19. The molecule has 0 bridgehead atoms. The molecule has 2 atom stereocenters. The maximum Gasteiger partial charge on any atom is 0.336 e. The van der Waals surface area contributed by atoms with E-state index >= 15 is 0 Å². The minimum Gasteiger partial charge on any atom is -0.486 e. The molecular weight excluding hydrogens is 470 g/mol. The van der Waals surface area contributed by atoms with Crippen LogP contribution < -0.4 is 9.64 Å². The number of hydrogen-bond acceptors (Lipinski definition) is 3. The Bertz CT molecular complexity index is 1360. The molecule has 36 heavy (non-hydrogen) atoms. The van der Waals surface area contributed by atoms with Gasteiger partial charge in [0.15, 0.2) is 0 Å². The van der Waals surface area contributed by atoms with Crippen molar-refractivity contribution in [2.75, 3.05) is 11.4 Å². The second kappa shape index (κ2) is 11.0. The molecule has 1 aliphatic heterocycles. The number of carboxylic acid groups (broad SMARTS) is 1. The minimum absolute atomic E-state index is 0. The van der Waals surface area contributed by atoms with E-state index in [1.54, 1.807) is 6.07 Å². The highest BCUT2D eigenvalue weighted by Crippen LogP contribution is 2.39. The molecule has 4 aromatic rings. The van der Waals surface area contributed by atoms with Gasteiger partial charge in [-0.25, -0.2) is 4.79 Å². The lowest BCUT2D eigenvalue weighted by molar-refractivity contribution is 0.0696. The van der Waals surface area contributed by atoms with Crippen molar-refractivity contribution in [3.63, 3.8) is 0 Å². The first-order valence-corrected chi connectivity index (χ1v) is 12.4. The zero-order chi connectivity index (χ0) is 24.4. The van der Waals surface area contributed by atoms with E-state index in [1.807, 2.05) is 43.3 Å². The van der Waals surface area contributed by atoms with Gasteiger partial charge in [-0.15, -0.1) is 12.4 Å². The van der Waals surface area contributed by atoms with Crippen molar-refractivity contribution in [3.05, 3.63) is 102 Å². The molecule has 0 amide bonds. The number of benzene rings is 4. The molecule has 0 fully saturated rings. The number of carbonyl (C=O) groups is 1. The summed E-state index contributed by atoms with van der Waals surface area (Å²) >= 11 is 0. The summed E-state index contributed by atoms with van der Waals surface area (Å²) in [6.45, 7) is 4.84. The summed E-state index contributed by atoms with van der Waals surface area (Å²) in [5.74, 6) is 0.413. The molecule has 0 saturated heterocycles. The van der Waals surface area contributed by atoms with E-state index in [2.05, 4.69) is 54.3 Å². The summed E-state index contributed by atoms with van der Waals surface area (Å²) in [4.78, 5) is 13.9. The van der Waals surface area contributed by atoms with Crippen LogP contribution in [0, 0.1) is 6.92 Å². The zero-order valence-electron chi connectivity index (χ0n) is 20.7. The van der Waals surface area contributed by atoms with Crippen LogP contribution in [0.25, 0.3) is 10.8 Å². The van der Waals surface area contributed by atoms with E-state index in [0.29, 0.717) is 18.0 Å². The van der Waals surface area contributed by atoms with Crippen molar-refractivity contribution >= 4 is 40.5 Å². The number of ether oxygens (including phenoxy) is 1. The van der Waals surface area contributed by atoms with Crippen LogP contribution in [0.4, 0.5) is 11.4 Å². The molecule has 0 aromatic heterocycles. The lowest BCUT2D eigenvalue weighted by Crippen LogP contribution is -2.37. The minimum atomic E-state index is -0.898. The summed E-state index contributed by atoms with van der Waals surface area (Å²) < 4.78 is 6.38. The third kappa shape index (κ3) is 5.19. The lowest BCUT2D eigenvalue weighted by atomic mass is 9.90. The fourth-order valence-corrected chi connectivity index (χ4v) is 5.19. The second-order valence-electron chi connectivity index (χ2n) is 9.52. The van der Waals surface area contributed by atoms with Crippen LogP contribution in [0.3, 0.4) is 0 Å². The van der Waals surface area contributed by atoms with Gasteiger partial charge in [0, 0.05) is 5.69 Å². The number of aromatic carboxylic acids is 1. The predicted octanol–water partition coefficient (Wildman–Crippen LogP) is 8.14. The van der Waals surface area contributed by atoms with Gasteiger partial charge in [0.05, 0.1) is 17.8 Å². The van der Waals surface area contributed by atoms with Crippen molar-refractivity contribution < 1.29 is 14.6 Å². The number of rotatable bonds is 7. The van der Waals surface area contributed by atoms with Crippen LogP contribution in [-0.2, 0) is 0 Å². The first-order chi connectivity index (χ1) is 17.0. The van der Waals surface area contributed by atoms with Gasteiger partial charge in [0.25, 0.3) is 0 Å². The maximum atomic E-state index is 11.7. The number of halogens is 1. The van der Waals surface area contributed by atoms with Crippen LogP contribution in [0.1, 0.15) is 53.6 Å². The molecule has 0 spiro atoms. The van der Waals surface area contributed by atoms with Crippen molar-refractivity contribution in [2.24, 2.45) is 0 Å². The Labute approximate surface area is 218 Å². The van der Waals surface area contributed by atoms with Gasteiger partial charge in [0.1, 0.15) is 11.9 Å². The molecule has 1 unspecified atom stereocenters. The average Bonchev–Trinajstić information content (AvgIpc) is 2.88. The standard InChI is InChI=1S/C31H31NO3.ClH/c1-21(26-14-8-11-23-10-3-4-13-27(23)26)9-7-12-25-20-32(29-15-5-6-16-30(29)35-25)24-18-17-22(2)28(19-24)31(33)34;/h3-6,8,10-11,13-19,21,25H,7,9,12,20H2,1-2H3,(H,33,34);1H/t21-,25?;/m1./s1. The first kappa shape index (κ1) is 25.6. The molecular formula is C31H32ClNO3. The van der Waals surface area contributed by atoms with E-state index in [1.165, 1.54) is 16.3 Å². The average molecular weight is 502 g/mol. The lowest BCUT2D eigenvalue weighted by Gasteiger charge is -2.36. The summed E-state index contributed by atoms with van der Waals surface area (Å²) in [7, 11) is 0. The van der Waals surface area contributed by atoms with Gasteiger partial charge in [-0.2, -0.15) is 0 Å². The summed E-state index contributed by atoms with van der Waals surface area (Å²) in [5.41, 5.74) is 4.38. The Morgan fingerprint density at radius 1 is 1.03 bits per heavy atom. The number of aryl methyl sites for hydroxylation is 1. The molecule has 5 rings (SSSR count). The van der Waals surface area contributed by atoms with Gasteiger partial charge >= 0.3 is 5.97 Å². The third-order valence-electron chi connectivity index (χ3n) is 7.12. The number of para-hydroxylation sites is 2. The fraction of sp³-hybridized carbons (Fsp3) is 0.258. The molecule has 0 aliphatic carbocycles. The van der Waals surface area contributed by atoms with E-state index in [0.717, 1.165) is 42.0 Å². The quantitative estimate of drug-likeness (QED) is 0.277. The van der Waals surface area contributed by atoms with E-state index < -0.39 is 5.97 Å². The van der Waals surface area contributed by atoms with E-state index in [-0.39, 0.29) is 18.5 Å². The van der Waals surface area contributed by atoms with Crippen molar-refractivity contribution in [2.45, 2.75) is 45.1 Å². The number of nitrogens with zero attached hydrogens (tertiary/aromatic N) is 1. The number of carboxylic acids is 1. The highest BCUT2D eigenvalue weighted by molar-refractivity contribution is 5.91. The molecule has 1 heterocycles. The Morgan fingerprint density at radius 2 is 1.78 bits per heavy atom. The Kier molecular flexibility index (Phi) is 7.85. The third-order valence-corrected chi connectivity index (χ3v) is 7.12. The van der Waals surface area contributed by atoms with Crippen LogP contribution in [0.15, 0.2) is 84.9 Å². The van der Waals surface area contributed by atoms with E-state index in [9.17, 15) is 9.90 Å². The molecule has 4 nitrogen and oxygen atoms in total. The summed E-state index contributed by atoms with van der Waals surface area (Å²) in [5, 5.41) is 12.2. The van der Waals surface area contributed by atoms with Gasteiger partial charge in [-0.1, -0.05) is 67.6 Å². The zero-order valence-corrected chi connectivity index (χ0v) is 21.5. The van der Waals surface area contributed by atoms with Crippen molar-refractivity contribution in [3.8, 4) is 5.75 Å². The summed E-state index contributed by atoms with van der Waals surface area (Å²) in [6.07, 6.45) is 3.12. The van der Waals surface area contributed by atoms with Gasteiger partial charge in [-0.05, 0) is 78.3 Å². The Morgan fingerprint density at radius 3 is 2.61 bits per heavy atom. The van der Waals surface area contributed by atoms with Crippen LogP contribution >= 0.6 is 12.4 Å². The number of hydrogen-bond donors (Lipinski definition) is 1. The Hall–Kier alpha value is -3.50. The largest absolute Gasteiger partial charge is 0.486 e. The highest BCUT2D eigenvalue weighted by atomic mass is 35.5. The normalized spacial score (nSPS) is 15.5. The van der Waals surface area contributed by atoms with Crippen molar-refractivity contribution in [1.82, 2.24) is 0 Å². The molecule has 0 saturated carbocycles. The number of fused-ring (bicyclic) bond motifs is 2. The summed E-state index contributed by atoms with van der Waals surface area (Å²) in [6, 6.07) is 28.9. The molecule has 5 heteroatoms. The SMILES string of the molecule is Cc1ccc(N2CC(CCC[C@@H](C)c3cccc4ccccc34)Oc3ccccc32)cc1C(=O)O.Cl.